The fourth-order valence-electron chi connectivity index (χ4n) is 1.26. The predicted molar refractivity (Wildman–Crippen MR) is 70.1 cm³/mol. The monoisotopic (exact) mass is 284 g/mol. The molecule has 0 radical (unpaired) electrons. The van der Waals surface area contributed by atoms with Crippen LogP contribution in [0.1, 0.15) is 10.4 Å². The average Bonchev–Trinajstić information content (AvgIpc) is 2.44. The maximum atomic E-state index is 11.7. The number of anilines is 1. The molecular formula is C12H13ClN2O4. The van der Waals surface area contributed by atoms with Gasteiger partial charge >= 0.3 is 5.97 Å². The van der Waals surface area contributed by atoms with Crippen molar-refractivity contribution in [2.75, 3.05) is 24.9 Å². The SMILES string of the molecule is COC(=O)CNC(=O)c1cccc(NC(=O)CCl)c1. The molecule has 0 atom stereocenters. The molecule has 6 nitrogen and oxygen atoms in total. The summed E-state index contributed by atoms with van der Waals surface area (Å²) in [5.41, 5.74) is 0.771. The molecule has 0 aliphatic carbocycles. The van der Waals surface area contributed by atoms with Crippen LogP contribution in [0.4, 0.5) is 5.69 Å². The zero-order valence-corrected chi connectivity index (χ0v) is 11.0. The molecule has 0 heterocycles. The number of benzene rings is 1. The quantitative estimate of drug-likeness (QED) is 0.618. The van der Waals surface area contributed by atoms with E-state index >= 15 is 0 Å². The summed E-state index contributed by atoms with van der Waals surface area (Å²) in [5, 5.41) is 4.91. The molecule has 1 aromatic rings. The molecule has 0 saturated carbocycles. The highest BCUT2D eigenvalue weighted by atomic mass is 35.5. The number of hydrogen-bond donors (Lipinski definition) is 2. The van der Waals surface area contributed by atoms with Crippen LogP contribution in [0, 0.1) is 0 Å². The Morgan fingerprint density at radius 1 is 1.32 bits per heavy atom. The lowest BCUT2D eigenvalue weighted by molar-refractivity contribution is -0.139. The lowest BCUT2D eigenvalue weighted by Crippen LogP contribution is -2.30. The van der Waals surface area contributed by atoms with Gasteiger partial charge in [-0.2, -0.15) is 0 Å². The van der Waals surface area contributed by atoms with Gasteiger partial charge in [0.25, 0.3) is 5.91 Å². The van der Waals surface area contributed by atoms with E-state index in [1.54, 1.807) is 18.2 Å². The number of halogens is 1. The molecule has 102 valence electrons. The number of methoxy groups -OCH3 is 1. The number of rotatable bonds is 5. The van der Waals surface area contributed by atoms with Crippen LogP contribution >= 0.6 is 11.6 Å². The number of amides is 2. The fraction of sp³-hybridized carbons (Fsp3) is 0.250. The van der Waals surface area contributed by atoms with Crippen LogP contribution in [0.2, 0.25) is 0 Å². The molecule has 0 aliphatic rings. The van der Waals surface area contributed by atoms with E-state index in [4.69, 9.17) is 11.6 Å². The summed E-state index contributed by atoms with van der Waals surface area (Å²) in [6.45, 7) is -0.215. The Kier molecular flexibility index (Phi) is 5.81. The Labute approximate surface area is 115 Å². The molecule has 1 rings (SSSR count). The van der Waals surface area contributed by atoms with Gasteiger partial charge in [-0.05, 0) is 18.2 Å². The van der Waals surface area contributed by atoms with Gasteiger partial charge in [0, 0.05) is 11.3 Å². The molecule has 0 spiro atoms. The second kappa shape index (κ2) is 7.38. The molecule has 2 N–H and O–H groups in total. The summed E-state index contributed by atoms with van der Waals surface area (Å²) in [5.74, 6) is -1.51. The number of carbonyl (C=O) groups excluding carboxylic acids is 3. The highest BCUT2D eigenvalue weighted by Gasteiger charge is 2.09. The second-order valence-electron chi connectivity index (χ2n) is 3.52. The van der Waals surface area contributed by atoms with Gasteiger partial charge in [0.05, 0.1) is 7.11 Å². The molecule has 0 aliphatic heterocycles. The number of carbonyl (C=O) groups is 3. The fourth-order valence-corrected chi connectivity index (χ4v) is 1.33. The molecule has 7 heteroatoms. The molecular weight excluding hydrogens is 272 g/mol. The van der Waals surface area contributed by atoms with Crippen LogP contribution in [-0.4, -0.2) is 37.3 Å². The van der Waals surface area contributed by atoms with Gasteiger partial charge in [0.15, 0.2) is 0 Å². The van der Waals surface area contributed by atoms with Crippen molar-refractivity contribution in [2.24, 2.45) is 0 Å². The van der Waals surface area contributed by atoms with E-state index in [0.29, 0.717) is 11.3 Å². The number of alkyl halides is 1. The Hall–Kier alpha value is -2.08. The molecule has 2 amide bonds. The summed E-state index contributed by atoms with van der Waals surface area (Å²) < 4.78 is 4.40. The van der Waals surface area contributed by atoms with Crippen molar-refractivity contribution in [3.63, 3.8) is 0 Å². The van der Waals surface area contributed by atoms with Crippen LogP contribution in [-0.2, 0) is 14.3 Å². The van der Waals surface area contributed by atoms with Crippen molar-refractivity contribution >= 4 is 35.1 Å². The minimum atomic E-state index is -0.542. The zero-order chi connectivity index (χ0) is 14.3. The van der Waals surface area contributed by atoms with Gasteiger partial charge in [-0.25, -0.2) is 0 Å². The van der Waals surface area contributed by atoms with Crippen LogP contribution in [0.15, 0.2) is 24.3 Å². The van der Waals surface area contributed by atoms with Crippen molar-refractivity contribution < 1.29 is 19.1 Å². The minimum Gasteiger partial charge on any atom is -0.468 e. The van der Waals surface area contributed by atoms with Gasteiger partial charge in [0.1, 0.15) is 12.4 Å². The van der Waals surface area contributed by atoms with Crippen molar-refractivity contribution in [1.29, 1.82) is 0 Å². The lowest BCUT2D eigenvalue weighted by Gasteiger charge is -2.07. The first kappa shape index (κ1) is 15.0. The number of esters is 1. The zero-order valence-electron chi connectivity index (χ0n) is 10.2. The van der Waals surface area contributed by atoms with Crippen molar-refractivity contribution in [3.8, 4) is 0 Å². The summed E-state index contributed by atoms with van der Waals surface area (Å²) in [4.78, 5) is 33.7. The molecule has 1 aromatic carbocycles. The number of ether oxygens (including phenoxy) is 1. The van der Waals surface area contributed by atoms with E-state index in [2.05, 4.69) is 15.4 Å². The summed E-state index contributed by atoms with van der Waals surface area (Å²) in [7, 11) is 1.23. The van der Waals surface area contributed by atoms with Crippen LogP contribution in [0.5, 0.6) is 0 Å². The summed E-state index contributed by atoms with van der Waals surface area (Å²) >= 11 is 5.36. The van der Waals surface area contributed by atoms with E-state index in [1.807, 2.05) is 0 Å². The first-order valence-electron chi connectivity index (χ1n) is 5.37. The van der Waals surface area contributed by atoms with E-state index in [9.17, 15) is 14.4 Å². The van der Waals surface area contributed by atoms with Gasteiger partial charge in [-0.1, -0.05) is 6.07 Å². The summed E-state index contributed by atoms with van der Waals surface area (Å²) in [6, 6.07) is 6.28. The lowest BCUT2D eigenvalue weighted by atomic mass is 10.2. The molecule has 0 bridgehead atoms. The van der Waals surface area contributed by atoms with E-state index in [0.717, 1.165) is 0 Å². The maximum Gasteiger partial charge on any atom is 0.325 e. The smallest absolute Gasteiger partial charge is 0.325 e. The van der Waals surface area contributed by atoms with Crippen molar-refractivity contribution in [1.82, 2.24) is 5.32 Å². The highest BCUT2D eigenvalue weighted by Crippen LogP contribution is 2.10. The first-order valence-corrected chi connectivity index (χ1v) is 5.91. The van der Waals surface area contributed by atoms with Crippen molar-refractivity contribution in [2.45, 2.75) is 0 Å². The Balaban J connectivity index is 2.67. The highest BCUT2D eigenvalue weighted by molar-refractivity contribution is 6.29. The van der Waals surface area contributed by atoms with Crippen LogP contribution in [0.3, 0.4) is 0 Å². The minimum absolute atomic E-state index is 0.168. The Bertz CT molecular complexity index is 490. The van der Waals surface area contributed by atoms with E-state index in [-0.39, 0.29) is 18.3 Å². The van der Waals surface area contributed by atoms with Gasteiger partial charge in [-0.15, -0.1) is 11.6 Å². The Morgan fingerprint density at radius 2 is 2.05 bits per heavy atom. The molecule has 0 fully saturated rings. The van der Waals surface area contributed by atoms with Crippen molar-refractivity contribution in [3.05, 3.63) is 29.8 Å². The van der Waals surface area contributed by atoms with Gasteiger partial charge in [-0.3, -0.25) is 14.4 Å². The van der Waals surface area contributed by atoms with Gasteiger partial charge < -0.3 is 15.4 Å². The standard InChI is InChI=1S/C12H13ClN2O4/c1-19-11(17)7-14-12(18)8-3-2-4-9(5-8)15-10(16)6-13/h2-5H,6-7H2,1H3,(H,14,18)(H,15,16). The van der Waals surface area contributed by atoms with E-state index in [1.165, 1.54) is 13.2 Å². The topological polar surface area (TPSA) is 84.5 Å². The predicted octanol–water partition coefficient (Wildman–Crippen LogP) is 0.767. The third-order valence-electron chi connectivity index (χ3n) is 2.15. The van der Waals surface area contributed by atoms with Crippen LogP contribution in [0.25, 0.3) is 0 Å². The normalized spacial score (nSPS) is 9.58. The second-order valence-corrected chi connectivity index (χ2v) is 3.79. The van der Waals surface area contributed by atoms with Crippen LogP contribution < -0.4 is 10.6 Å². The first-order chi connectivity index (χ1) is 9.06. The third kappa shape index (κ3) is 4.97. The maximum absolute atomic E-state index is 11.7. The summed E-state index contributed by atoms with van der Waals surface area (Å²) in [6.07, 6.45) is 0. The molecule has 19 heavy (non-hydrogen) atoms. The number of hydrogen-bond acceptors (Lipinski definition) is 4. The Morgan fingerprint density at radius 3 is 2.68 bits per heavy atom. The number of nitrogens with one attached hydrogen (secondary N) is 2. The van der Waals surface area contributed by atoms with Gasteiger partial charge in [0.2, 0.25) is 5.91 Å². The molecule has 0 aromatic heterocycles. The largest absolute Gasteiger partial charge is 0.468 e. The molecule has 0 unspecified atom stereocenters. The third-order valence-corrected chi connectivity index (χ3v) is 2.39. The molecule has 0 saturated heterocycles. The van der Waals surface area contributed by atoms with E-state index < -0.39 is 11.9 Å². The average molecular weight is 285 g/mol.